The average Bonchev–Trinajstić information content (AvgIpc) is 1.58. The summed E-state index contributed by atoms with van der Waals surface area (Å²) < 4.78 is 84.6. The van der Waals surface area contributed by atoms with Gasteiger partial charge in [-0.3, -0.25) is 0 Å². The normalized spacial score (nSPS) is 11.5. The van der Waals surface area contributed by atoms with E-state index in [9.17, 15) is 25.3 Å². The Morgan fingerprint density at radius 2 is 0.604 bits per heavy atom. The molecule has 0 saturated carbocycles. The molecule has 0 radical (unpaired) electrons. The number of nitrogens with zero attached hydrogens (tertiary/aromatic N) is 3. The first kappa shape index (κ1) is 69.5. The molecule has 15 rings (SSSR count). The van der Waals surface area contributed by atoms with Crippen LogP contribution in [0.25, 0.3) is 98.4 Å². The number of halogens is 3. The number of benzene rings is 12. The second-order valence-electron chi connectivity index (χ2n) is 22.8. The van der Waals surface area contributed by atoms with Crippen molar-refractivity contribution in [3.05, 3.63) is 308 Å². The molecule has 0 unspecified atom stereocenters. The van der Waals surface area contributed by atoms with E-state index < -0.39 is 30.1 Å². The number of hydrogen-bond donors (Lipinski definition) is 3. The highest BCUT2D eigenvalue weighted by molar-refractivity contribution is 7.90. The average molecular weight is 1390 g/mol. The molecular formula is C78H69Cl3N6O6S3. The molecule has 3 heterocycles. The molecule has 0 aliphatic rings. The van der Waals surface area contributed by atoms with Gasteiger partial charge in [-0.15, -0.1) is 37.2 Å². The van der Waals surface area contributed by atoms with E-state index in [1.165, 1.54) is 28.1 Å². The Hall–Kier alpha value is -9.36. The molecule has 0 fully saturated rings. The maximum atomic E-state index is 13.8. The molecule has 18 heteroatoms. The lowest BCUT2D eigenvalue weighted by molar-refractivity contribution is 0.587. The van der Waals surface area contributed by atoms with Crippen LogP contribution in [0.4, 0.5) is 0 Å². The fourth-order valence-electron chi connectivity index (χ4n) is 12.3. The van der Waals surface area contributed by atoms with Crippen molar-refractivity contribution in [2.45, 2.75) is 33.9 Å². The molecule has 0 aliphatic carbocycles. The molecule has 0 spiro atoms. The van der Waals surface area contributed by atoms with E-state index in [1.807, 2.05) is 133 Å². The summed E-state index contributed by atoms with van der Waals surface area (Å²) in [6.45, 7) is 1.35. The van der Waals surface area contributed by atoms with Crippen LogP contribution in [0, 0.1) is 0 Å². The van der Waals surface area contributed by atoms with Crippen molar-refractivity contribution in [3.8, 4) is 33.4 Å². The molecule has 96 heavy (non-hydrogen) atoms. The SMILES string of the molecule is Cl.Cl.Cl.NCCc1cn(S(=O)(=O)c2ccc3ccccc3c2)c2ccc(-c3cccc4ccccc34)cc12.NCCc1cn(S(=O)(=O)c2ccccc2)c2ccc(-c3ccc4ccccc4c3)cc12.NCCc1cn(S(=O)(=O)c2ccccc2)c2ccc(-c3ccccc3)cc12. The smallest absolute Gasteiger partial charge is 0.268 e. The second-order valence-corrected chi connectivity index (χ2v) is 28.2. The predicted molar refractivity (Wildman–Crippen MR) is 402 cm³/mol. The minimum atomic E-state index is -3.79. The van der Waals surface area contributed by atoms with Gasteiger partial charge in [-0.2, -0.15) is 0 Å². The van der Waals surface area contributed by atoms with Crippen LogP contribution in [0.5, 0.6) is 0 Å². The van der Waals surface area contributed by atoms with Crippen molar-refractivity contribution < 1.29 is 25.3 Å². The molecule has 12 nitrogen and oxygen atoms in total. The van der Waals surface area contributed by atoms with Crippen molar-refractivity contribution in [1.29, 1.82) is 0 Å². The molecule has 15 aromatic rings. The first-order valence-electron chi connectivity index (χ1n) is 30.7. The van der Waals surface area contributed by atoms with Gasteiger partial charge in [0.2, 0.25) is 0 Å². The maximum absolute atomic E-state index is 13.8. The van der Waals surface area contributed by atoms with E-state index in [2.05, 4.69) is 72.8 Å². The van der Waals surface area contributed by atoms with E-state index in [1.54, 1.807) is 85.3 Å². The minimum Gasteiger partial charge on any atom is -0.330 e. The Bertz CT molecular complexity index is 5630. The first-order chi connectivity index (χ1) is 45.2. The van der Waals surface area contributed by atoms with Crippen molar-refractivity contribution in [2.75, 3.05) is 19.6 Å². The van der Waals surface area contributed by atoms with E-state index in [0.29, 0.717) is 55.4 Å². The standard InChI is InChI=1S/C30H24N2O2S.C26H22N2O2S.C22H20N2O2S.3ClH/c31-17-16-25-20-32(35(33,34)26-14-12-21-6-1-2-8-23(21)18-26)30-15-13-24(19-29(25)30)28-11-5-9-22-7-3-4-10-27(22)28;27-15-14-23-18-28(31(29,30)24-8-2-1-3-9-24)26-13-12-22(17-25(23)26)21-11-10-19-6-4-5-7-20(19)16-21;23-14-13-19-16-24(27(25,26)20-9-5-2-6-10-20)22-12-11-18(15-21(19)22)17-7-3-1-4-8-17;;;/h1-15,18-20H,16-17,31H2;1-13,16-18H,14-15,27H2;1-12,15-16H,13-14,23H2;3*1H. The summed E-state index contributed by atoms with van der Waals surface area (Å²) in [5.41, 5.74) is 28.8. The second kappa shape index (κ2) is 29.7. The van der Waals surface area contributed by atoms with E-state index in [0.717, 1.165) is 82.4 Å². The Morgan fingerprint density at radius 3 is 1.08 bits per heavy atom. The lowest BCUT2D eigenvalue weighted by atomic mass is 9.96. The van der Waals surface area contributed by atoms with Crippen LogP contribution in [-0.4, -0.2) is 56.8 Å². The third-order valence-electron chi connectivity index (χ3n) is 17.0. The molecule has 12 aromatic carbocycles. The fraction of sp³-hybridized carbons (Fsp3) is 0.0769. The van der Waals surface area contributed by atoms with Gasteiger partial charge in [0.25, 0.3) is 30.1 Å². The highest BCUT2D eigenvalue weighted by Crippen LogP contribution is 2.37. The first-order valence-corrected chi connectivity index (χ1v) is 35.0. The molecular weight excluding hydrogens is 1320 g/mol. The lowest BCUT2D eigenvalue weighted by Crippen LogP contribution is -2.12. The van der Waals surface area contributed by atoms with Gasteiger partial charge in [0.1, 0.15) is 0 Å². The Balaban J connectivity index is 0.000000155. The summed E-state index contributed by atoms with van der Waals surface area (Å²) >= 11 is 0. The zero-order chi connectivity index (χ0) is 64.3. The predicted octanol–water partition coefficient (Wildman–Crippen LogP) is 16.9. The van der Waals surface area contributed by atoms with Gasteiger partial charge in [-0.25, -0.2) is 37.2 Å². The van der Waals surface area contributed by atoms with Gasteiger partial charge < -0.3 is 17.2 Å². The molecule has 0 saturated heterocycles. The Labute approximate surface area is 577 Å². The largest absolute Gasteiger partial charge is 0.330 e. The van der Waals surface area contributed by atoms with Crippen LogP contribution in [0.15, 0.2) is 306 Å². The maximum Gasteiger partial charge on any atom is 0.268 e. The zero-order valence-corrected chi connectivity index (χ0v) is 56.8. The molecule has 6 N–H and O–H groups in total. The van der Waals surface area contributed by atoms with E-state index in [-0.39, 0.29) is 51.9 Å². The van der Waals surface area contributed by atoms with E-state index >= 15 is 0 Å². The number of aromatic nitrogens is 3. The molecule has 0 bridgehead atoms. The number of rotatable bonds is 15. The minimum absolute atomic E-state index is 0. The van der Waals surface area contributed by atoms with Crippen molar-refractivity contribution in [2.24, 2.45) is 17.2 Å². The van der Waals surface area contributed by atoms with Gasteiger partial charge >= 0.3 is 0 Å². The summed E-state index contributed by atoms with van der Waals surface area (Å²) in [4.78, 5) is 0.809. The van der Waals surface area contributed by atoms with Crippen LogP contribution in [0.3, 0.4) is 0 Å². The van der Waals surface area contributed by atoms with Crippen LogP contribution >= 0.6 is 37.2 Å². The molecule has 486 valence electrons. The van der Waals surface area contributed by atoms with Crippen molar-refractivity contribution in [3.63, 3.8) is 0 Å². The number of hydrogen-bond acceptors (Lipinski definition) is 9. The molecule has 0 atom stereocenters. The summed E-state index contributed by atoms with van der Waals surface area (Å²) in [6, 6.07) is 87.1. The van der Waals surface area contributed by atoms with Gasteiger partial charge in [-0.1, -0.05) is 194 Å². The van der Waals surface area contributed by atoms with Crippen LogP contribution in [0.2, 0.25) is 0 Å². The van der Waals surface area contributed by atoms with Gasteiger partial charge in [-0.05, 0) is 200 Å². The summed E-state index contributed by atoms with van der Waals surface area (Å²) in [6.07, 6.45) is 6.96. The highest BCUT2D eigenvalue weighted by Gasteiger charge is 2.25. The monoisotopic (exact) mass is 1390 g/mol. The van der Waals surface area contributed by atoms with Crippen LogP contribution in [-0.2, 0) is 49.3 Å². The van der Waals surface area contributed by atoms with Crippen molar-refractivity contribution >= 4 is 132 Å². The molecule has 3 aromatic heterocycles. The third kappa shape index (κ3) is 13.7. The molecule has 0 amide bonds. The lowest BCUT2D eigenvalue weighted by Gasteiger charge is -2.10. The zero-order valence-electron chi connectivity index (χ0n) is 51.9. The summed E-state index contributed by atoms with van der Waals surface area (Å²) in [5, 5.41) is 9.34. The van der Waals surface area contributed by atoms with Gasteiger partial charge in [0, 0.05) is 34.7 Å². The summed E-state index contributed by atoms with van der Waals surface area (Å²) in [5.74, 6) is 0. The third-order valence-corrected chi connectivity index (χ3v) is 22.0. The highest BCUT2D eigenvalue weighted by atomic mass is 35.5. The van der Waals surface area contributed by atoms with Crippen molar-refractivity contribution in [1.82, 2.24) is 11.9 Å². The molecule has 0 aliphatic heterocycles. The van der Waals surface area contributed by atoms with Crippen LogP contribution < -0.4 is 17.2 Å². The number of fused-ring (bicyclic) bond motifs is 6. The van der Waals surface area contributed by atoms with Crippen LogP contribution in [0.1, 0.15) is 16.7 Å². The topological polar surface area (TPSA) is 195 Å². The van der Waals surface area contributed by atoms with Gasteiger partial charge in [0.15, 0.2) is 0 Å². The van der Waals surface area contributed by atoms with E-state index in [4.69, 9.17) is 17.2 Å². The van der Waals surface area contributed by atoms with Gasteiger partial charge in [0.05, 0.1) is 31.2 Å². The fourth-order valence-corrected chi connectivity index (χ4v) is 16.6. The quantitative estimate of drug-likeness (QED) is 0.0895. The summed E-state index contributed by atoms with van der Waals surface area (Å²) in [7, 11) is -11.1. The Kier molecular flexibility index (Phi) is 21.5. The number of nitrogens with two attached hydrogens (primary N) is 3. The Morgan fingerprint density at radius 1 is 0.260 bits per heavy atom.